The normalized spacial score (nSPS) is 24.7. The molecule has 142 valence electrons. The van der Waals surface area contributed by atoms with E-state index >= 15 is 0 Å². The quantitative estimate of drug-likeness (QED) is 0.756. The number of pyridine rings is 1. The molecule has 0 radical (unpaired) electrons. The first kappa shape index (κ1) is 19.1. The van der Waals surface area contributed by atoms with Crippen molar-refractivity contribution in [2.75, 3.05) is 25.2 Å². The van der Waals surface area contributed by atoms with Gasteiger partial charge in [-0.1, -0.05) is 6.92 Å². The minimum Gasteiger partial charge on any atom is -0.431 e. The van der Waals surface area contributed by atoms with Crippen molar-refractivity contribution >= 4 is 28.3 Å². The lowest BCUT2D eigenvalue weighted by Gasteiger charge is -2.38. The Balaban J connectivity index is 1.80. The molecule has 3 rings (SSSR count). The summed E-state index contributed by atoms with van der Waals surface area (Å²) >= 11 is 1.36. The fourth-order valence-electron chi connectivity index (χ4n) is 3.86. The molecule has 26 heavy (non-hydrogen) atoms. The molecule has 0 amide bonds. The van der Waals surface area contributed by atoms with Crippen molar-refractivity contribution < 1.29 is 23.0 Å². The van der Waals surface area contributed by atoms with Gasteiger partial charge in [0.2, 0.25) is 0 Å². The van der Waals surface area contributed by atoms with E-state index in [4.69, 9.17) is 10.5 Å². The van der Waals surface area contributed by atoms with Crippen LogP contribution in [0.25, 0.3) is 4.91 Å². The Morgan fingerprint density at radius 1 is 1.50 bits per heavy atom. The number of hydrogen-bond acceptors (Lipinski definition) is 6. The minimum absolute atomic E-state index is 0.0421. The van der Waals surface area contributed by atoms with E-state index in [-0.39, 0.29) is 28.7 Å². The van der Waals surface area contributed by atoms with Crippen molar-refractivity contribution in [3.8, 4) is 5.75 Å². The van der Waals surface area contributed by atoms with Crippen LogP contribution in [0.4, 0.5) is 14.6 Å². The van der Waals surface area contributed by atoms with Crippen LogP contribution in [-0.4, -0.2) is 36.8 Å². The Morgan fingerprint density at radius 2 is 2.23 bits per heavy atom. The molecule has 2 N–H and O–H groups in total. The molecule has 8 heteroatoms. The van der Waals surface area contributed by atoms with Gasteiger partial charge in [0.1, 0.15) is 0 Å². The van der Waals surface area contributed by atoms with E-state index in [1.54, 1.807) is 6.08 Å². The number of nitrogen functional groups attached to an aromatic ring is 1. The van der Waals surface area contributed by atoms with Gasteiger partial charge in [-0.2, -0.15) is 8.78 Å². The molecular formula is C18H22F2N2O3S. The predicted molar refractivity (Wildman–Crippen MR) is 96.9 cm³/mol. The van der Waals surface area contributed by atoms with Crippen LogP contribution in [0.3, 0.4) is 0 Å². The minimum atomic E-state index is -2.99. The van der Waals surface area contributed by atoms with Crippen molar-refractivity contribution in [2.45, 2.75) is 26.4 Å². The van der Waals surface area contributed by atoms with E-state index in [1.165, 1.54) is 24.0 Å². The lowest BCUT2D eigenvalue weighted by Crippen LogP contribution is -2.40. The Morgan fingerprint density at radius 3 is 2.77 bits per heavy atom. The smallest absolute Gasteiger partial charge is 0.387 e. The van der Waals surface area contributed by atoms with Gasteiger partial charge in [-0.3, -0.25) is 4.79 Å². The predicted octanol–water partition coefficient (Wildman–Crippen LogP) is 3.60. The topological polar surface area (TPSA) is 74.4 Å². The van der Waals surface area contributed by atoms with Gasteiger partial charge in [0.25, 0.3) is 0 Å². The molecule has 1 aliphatic heterocycles. The van der Waals surface area contributed by atoms with Crippen molar-refractivity contribution in [3.05, 3.63) is 23.9 Å². The van der Waals surface area contributed by atoms with Crippen LogP contribution < -0.4 is 10.5 Å². The SMILES string of the molecule is CS/C(=C/C(=O)C1CC2(COC2)CC1C)c1cnc(N)c(OC(F)F)c1. The molecule has 0 aromatic carbocycles. The van der Waals surface area contributed by atoms with Crippen LogP contribution in [0, 0.1) is 17.3 Å². The van der Waals surface area contributed by atoms with Gasteiger partial charge < -0.3 is 15.2 Å². The van der Waals surface area contributed by atoms with Crippen LogP contribution >= 0.6 is 11.8 Å². The Kier molecular flexibility index (Phi) is 5.53. The highest BCUT2D eigenvalue weighted by Crippen LogP contribution is 2.50. The summed E-state index contributed by atoms with van der Waals surface area (Å²) < 4.78 is 34.7. The average molecular weight is 384 g/mol. The maximum atomic E-state index is 12.8. The van der Waals surface area contributed by atoms with Gasteiger partial charge in [-0.15, -0.1) is 11.8 Å². The first-order valence-electron chi connectivity index (χ1n) is 8.41. The molecule has 1 saturated heterocycles. The first-order chi connectivity index (χ1) is 12.3. The number of allylic oxidation sites excluding steroid dienone is 1. The van der Waals surface area contributed by atoms with Crippen LogP contribution in [-0.2, 0) is 9.53 Å². The van der Waals surface area contributed by atoms with Crippen LogP contribution in [0.2, 0.25) is 0 Å². The third-order valence-corrected chi connectivity index (χ3v) is 5.95. The van der Waals surface area contributed by atoms with Gasteiger partial charge >= 0.3 is 6.61 Å². The zero-order valence-electron chi connectivity index (χ0n) is 14.7. The molecule has 2 aliphatic rings. The number of nitrogens with two attached hydrogens (primary N) is 1. The third-order valence-electron chi connectivity index (χ3n) is 5.15. The van der Waals surface area contributed by atoms with E-state index in [1.807, 2.05) is 6.26 Å². The molecule has 5 nitrogen and oxygen atoms in total. The molecule has 1 saturated carbocycles. The van der Waals surface area contributed by atoms with Gasteiger partial charge in [0.15, 0.2) is 17.4 Å². The number of thioether (sulfide) groups is 1. The summed E-state index contributed by atoms with van der Waals surface area (Å²) in [6.07, 6.45) is 6.71. The molecular weight excluding hydrogens is 362 g/mol. The standard InChI is InChI=1S/C18H22F2N2O3S/c1-10-5-18(8-24-9-18)6-12(10)13(23)4-15(26-2)11-3-14(25-17(19)20)16(21)22-7-11/h3-4,7,10,12,17H,5-6,8-9H2,1-2H3,(H2,21,22)/b15-4+. The fourth-order valence-corrected chi connectivity index (χ4v) is 4.44. The summed E-state index contributed by atoms with van der Waals surface area (Å²) in [6.45, 7) is 0.576. The van der Waals surface area contributed by atoms with Gasteiger partial charge in [-0.25, -0.2) is 4.98 Å². The summed E-state index contributed by atoms with van der Waals surface area (Å²) in [5, 5.41) is 0. The Bertz CT molecular complexity index is 722. The lowest BCUT2D eigenvalue weighted by molar-refractivity contribution is -0.123. The Labute approximate surface area is 155 Å². The largest absolute Gasteiger partial charge is 0.431 e. The highest BCUT2D eigenvalue weighted by molar-refractivity contribution is 8.07. The van der Waals surface area contributed by atoms with Gasteiger partial charge in [0.05, 0.1) is 13.2 Å². The fraction of sp³-hybridized carbons (Fsp3) is 0.556. The van der Waals surface area contributed by atoms with Gasteiger partial charge in [-0.05, 0) is 37.2 Å². The zero-order chi connectivity index (χ0) is 18.9. The molecule has 1 aromatic heterocycles. The van der Waals surface area contributed by atoms with Crippen molar-refractivity contribution in [3.63, 3.8) is 0 Å². The van der Waals surface area contributed by atoms with E-state index in [9.17, 15) is 13.6 Å². The molecule has 0 bridgehead atoms. The number of ketones is 1. The molecule has 1 aromatic rings. The second-order valence-electron chi connectivity index (χ2n) is 7.09. The number of nitrogens with zero attached hydrogens (tertiary/aromatic N) is 1. The van der Waals surface area contributed by atoms with E-state index in [0.29, 0.717) is 16.4 Å². The van der Waals surface area contributed by atoms with Gasteiger partial charge in [0, 0.05) is 28.0 Å². The number of alkyl halides is 2. The summed E-state index contributed by atoms with van der Waals surface area (Å²) in [4.78, 5) is 17.4. The zero-order valence-corrected chi connectivity index (χ0v) is 15.5. The number of anilines is 1. The molecule has 2 atom stereocenters. The van der Waals surface area contributed by atoms with Crippen LogP contribution in [0.5, 0.6) is 5.75 Å². The number of halogens is 2. The van der Waals surface area contributed by atoms with Crippen LogP contribution in [0.15, 0.2) is 18.3 Å². The average Bonchev–Trinajstić information content (AvgIpc) is 2.92. The molecule has 2 heterocycles. The number of rotatable bonds is 6. The highest BCUT2D eigenvalue weighted by Gasteiger charge is 2.50. The second kappa shape index (κ2) is 7.52. The molecule has 2 fully saturated rings. The number of carbonyl (C=O) groups excluding carboxylic acids is 1. The van der Waals surface area contributed by atoms with Crippen molar-refractivity contribution in [1.82, 2.24) is 4.98 Å². The lowest BCUT2D eigenvalue weighted by atomic mass is 9.83. The highest BCUT2D eigenvalue weighted by atomic mass is 32.2. The summed E-state index contributed by atoms with van der Waals surface area (Å²) in [5.74, 6) is 0.00764. The number of hydrogen-bond donors (Lipinski definition) is 1. The summed E-state index contributed by atoms with van der Waals surface area (Å²) in [5.41, 5.74) is 6.27. The van der Waals surface area contributed by atoms with Crippen molar-refractivity contribution in [1.29, 1.82) is 0 Å². The number of carbonyl (C=O) groups is 1. The first-order valence-corrected chi connectivity index (χ1v) is 9.64. The Hall–Kier alpha value is -1.67. The molecule has 1 spiro atoms. The summed E-state index contributed by atoms with van der Waals surface area (Å²) in [6, 6.07) is 1.39. The third kappa shape index (κ3) is 3.86. The number of aromatic nitrogens is 1. The van der Waals surface area contributed by atoms with Crippen molar-refractivity contribution in [2.24, 2.45) is 17.3 Å². The van der Waals surface area contributed by atoms with E-state index in [0.717, 1.165) is 26.1 Å². The second-order valence-corrected chi connectivity index (χ2v) is 7.93. The molecule has 2 unspecified atom stereocenters. The number of ether oxygens (including phenoxy) is 2. The molecule has 1 aliphatic carbocycles. The maximum Gasteiger partial charge on any atom is 0.387 e. The summed E-state index contributed by atoms with van der Waals surface area (Å²) in [7, 11) is 0. The maximum absolute atomic E-state index is 12.8. The van der Waals surface area contributed by atoms with E-state index in [2.05, 4.69) is 16.6 Å². The van der Waals surface area contributed by atoms with Crippen LogP contribution in [0.1, 0.15) is 25.3 Å². The monoisotopic (exact) mass is 384 g/mol. The van der Waals surface area contributed by atoms with E-state index < -0.39 is 6.61 Å².